The third-order valence-corrected chi connectivity index (χ3v) is 3.76. The molecule has 0 bridgehead atoms. The van der Waals surface area contributed by atoms with Gasteiger partial charge in [-0.2, -0.15) is 0 Å². The summed E-state index contributed by atoms with van der Waals surface area (Å²) in [5.41, 5.74) is 2.78. The maximum atomic E-state index is 10.7. The van der Waals surface area contributed by atoms with Gasteiger partial charge in [-0.25, -0.2) is 0 Å². The molecule has 3 aromatic rings. The molecule has 0 radical (unpaired) electrons. The van der Waals surface area contributed by atoms with Crippen molar-refractivity contribution in [3.8, 4) is 5.75 Å². The van der Waals surface area contributed by atoms with Crippen molar-refractivity contribution < 1.29 is 14.6 Å². The Balaban J connectivity index is 2.19. The highest BCUT2D eigenvalue weighted by molar-refractivity contribution is 5.90. The number of benzene rings is 1. The highest BCUT2D eigenvalue weighted by Crippen LogP contribution is 2.29. The van der Waals surface area contributed by atoms with E-state index in [1.54, 1.807) is 7.11 Å². The molecule has 0 saturated carbocycles. The van der Waals surface area contributed by atoms with E-state index in [1.165, 1.54) is 0 Å². The van der Waals surface area contributed by atoms with E-state index in [0.717, 1.165) is 33.7 Å². The first-order valence-electron chi connectivity index (χ1n) is 7.14. The van der Waals surface area contributed by atoms with Gasteiger partial charge in [-0.15, -0.1) is 10.2 Å². The van der Waals surface area contributed by atoms with E-state index in [0.29, 0.717) is 12.8 Å². The fourth-order valence-corrected chi connectivity index (χ4v) is 2.73. The van der Waals surface area contributed by atoms with Gasteiger partial charge < -0.3 is 9.84 Å². The number of nitrogens with zero attached hydrogens (tertiary/aromatic N) is 3. The zero-order valence-corrected chi connectivity index (χ0v) is 12.5. The molecule has 0 saturated heterocycles. The molecule has 0 aliphatic heterocycles. The number of aliphatic carboxylic acids is 1. The van der Waals surface area contributed by atoms with Crippen LogP contribution in [0.4, 0.5) is 0 Å². The Morgan fingerprint density at radius 2 is 2.18 bits per heavy atom. The average molecular weight is 299 g/mol. The zero-order chi connectivity index (χ0) is 15.7. The number of carboxylic acid groups (broad SMARTS) is 1. The third-order valence-electron chi connectivity index (χ3n) is 3.76. The first-order chi connectivity index (χ1) is 10.6. The second-order valence-electron chi connectivity index (χ2n) is 5.24. The van der Waals surface area contributed by atoms with Crippen LogP contribution in [0.5, 0.6) is 5.75 Å². The summed E-state index contributed by atoms with van der Waals surface area (Å²) in [5, 5.41) is 18.3. The van der Waals surface area contributed by atoms with E-state index in [1.807, 2.05) is 35.6 Å². The minimum absolute atomic E-state index is 0.121. The number of carbonyl (C=O) groups is 1. The van der Waals surface area contributed by atoms with Crippen LogP contribution < -0.4 is 4.74 Å². The van der Waals surface area contributed by atoms with Crippen LogP contribution >= 0.6 is 0 Å². The number of aryl methyl sites for hydroxylation is 2. The van der Waals surface area contributed by atoms with Gasteiger partial charge in [-0.05, 0) is 31.0 Å². The summed E-state index contributed by atoms with van der Waals surface area (Å²) in [6.07, 6.45) is 1.21. The molecule has 3 rings (SSSR count). The number of aromatic nitrogens is 3. The lowest BCUT2D eigenvalue weighted by Crippen LogP contribution is -2.02. The van der Waals surface area contributed by atoms with Crippen molar-refractivity contribution in [3.05, 3.63) is 35.7 Å². The number of fused-ring (bicyclic) bond motifs is 3. The van der Waals surface area contributed by atoms with E-state index in [2.05, 4.69) is 10.2 Å². The number of methoxy groups -OCH3 is 1. The van der Waals surface area contributed by atoms with Crippen LogP contribution in [0.15, 0.2) is 24.3 Å². The average Bonchev–Trinajstić information content (AvgIpc) is 2.89. The van der Waals surface area contributed by atoms with Crippen LogP contribution in [0.3, 0.4) is 0 Å². The number of ether oxygens (including phenoxy) is 1. The molecular formula is C16H17N3O3. The molecule has 114 valence electrons. The number of carboxylic acids is 1. The summed E-state index contributed by atoms with van der Waals surface area (Å²) >= 11 is 0. The molecule has 1 aromatic carbocycles. The van der Waals surface area contributed by atoms with Gasteiger partial charge in [-0.1, -0.05) is 12.1 Å². The highest BCUT2D eigenvalue weighted by atomic mass is 16.5. The van der Waals surface area contributed by atoms with Crippen molar-refractivity contribution in [1.29, 1.82) is 0 Å². The summed E-state index contributed by atoms with van der Waals surface area (Å²) in [4.78, 5) is 10.7. The van der Waals surface area contributed by atoms with Crippen molar-refractivity contribution >= 4 is 22.5 Å². The van der Waals surface area contributed by atoms with Gasteiger partial charge in [0, 0.05) is 18.2 Å². The Morgan fingerprint density at radius 1 is 1.36 bits per heavy atom. The monoisotopic (exact) mass is 299 g/mol. The second-order valence-corrected chi connectivity index (χ2v) is 5.24. The van der Waals surface area contributed by atoms with Gasteiger partial charge in [0.2, 0.25) is 0 Å². The molecule has 0 amide bonds. The lowest BCUT2D eigenvalue weighted by atomic mass is 10.1. The molecule has 0 unspecified atom stereocenters. The lowest BCUT2D eigenvalue weighted by Gasteiger charge is -2.11. The van der Waals surface area contributed by atoms with Crippen LogP contribution in [0.2, 0.25) is 0 Å². The van der Waals surface area contributed by atoms with Gasteiger partial charge >= 0.3 is 5.97 Å². The summed E-state index contributed by atoms with van der Waals surface area (Å²) < 4.78 is 7.45. The lowest BCUT2D eigenvalue weighted by molar-refractivity contribution is -0.137. The van der Waals surface area contributed by atoms with E-state index < -0.39 is 5.97 Å². The number of pyridine rings is 1. The minimum Gasteiger partial charge on any atom is -0.495 e. The molecule has 2 aromatic heterocycles. The summed E-state index contributed by atoms with van der Waals surface area (Å²) in [6.45, 7) is 2.03. The van der Waals surface area contributed by atoms with Crippen molar-refractivity contribution in [2.75, 3.05) is 7.11 Å². The first-order valence-corrected chi connectivity index (χ1v) is 7.14. The number of hydrogen-bond donors (Lipinski definition) is 1. The largest absolute Gasteiger partial charge is 0.495 e. The van der Waals surface area contributed by atoms with Crippen molar-refractivity contribution in [1.82, 2.24) is 14.6 Å². The summed E-state index contributed by atoms with van der Waals surface area (Å²) in [7, 11) is 1.64. The standard InChI is InChI=1S/C16H17N3O3/c1-10-9-14-18-17-13(7-4-8-15(20)21)19(14)16-11(10)5-3-6-12(16)22-2/h3,5-6,9H,4,7-8H2,1-2H3,(H,20,21). The molecule has 6 nitrogen and oxygen atoms in total. The fraction of sp³-hybridized carbons (Fsp3) is 0.312. The number of hydrogen-bond acceptors (Lipinski definition) is 4. The molecule has 0 aliphatic rings. The maximum absolute atomic E-state index is 10.7. The van der Waals surface area contributed by atoms with E-state index in [4.69, 9.17) is 9.84 Å². The molecule has 0 atom stereocenters. The Morgan fingerprint density at radius 3 is 2.91 bits per heavy atom. The van der Waals surface area contributed by atoms with Crippen LogP contribution in [0, 0.1) is 6.92 Å². The molecular weight excluding hydrogens is 282 g/mol. The van der Waals surface area contributed by atoms with Gasteiger partial charge in [0.25, 0.3) is 0 Å². The van der Waals surface area contributed by atoms with Gasteiger partial charge in [-0.3, -0.25) is 9.20 Å². The second kappa shape index (κ2) is 5.63. The molecule has 0 fully saturated rings. The Kier molecular flexibility index (Phi) is 3.66. The van der Waals surface area contributed by atoms with Crippen molar-refractivity contribution in [3.63, 3.8) is 0 Å². The van der Waals surface area contributed by atoms with Crippen molar-refractivity contribution in [2.24, 2.45) is 0 Å². The first kappa shape index (κ1) is 14.3. The van der Waals surface area contributed by atoms with Crippen LogP contribution in [-0.2, 0) is 11.2 Å². The highest BCUT2D eigenvalue weighted by Gasteiger charge is 2.14. The van der Waals surface area contributed by atoms with E-state index >= 15 is 0 Å². The summed E-state index contributed by atoms with van der Waals surface area (Å²) in [5.74, 6) is 0.711. The zero-order valence-electron chi connectivity index (χ0n) is 12.5. The Labute approximate surface area is 127 Å². The third kappa shape index (κ3) is 2.36. The minimum atomic E-state index is -0.799. The molecule has 2 heterocycles. The van der Waals surface area contributed by atoms with Gasteiger partial charge in [0.05, 0.1) is 12.6 Å². The van der Waals surface area contributed by atoms with Gasteiger partial charge in [0.15, 0.2) is 5.65 Å². The van der Waals surface area contributed by atoms with E-state index in [9.17, 15) is 4.79 Å². The topological polar surface area (TPSA) is 76.7 Å². The van der Waals surface area contributed by atoms with Gasteiger partial charge in [0.1, 0.15) is 11.6 Å². The van der Waals surface area contributed by atoms with Crippen molar-refractivity contribution in [2.45, 2.75) is 26.2 Å². The van der Waals surface area contributed by atoms with Crippen LogP contribution in [-0.4, -0.2) is 32.8 Å². The molecule has 1 N–H and O–H groups in total. The summed E-state index contributed by atoms with van der Waals surface area (Å²) in [6, 6.07) is 7.87. The fourth-order valence-electron chi connectivity index (χ4n) is 2.73. The SMILES string of the molecule is COc1cccc2c(C)cc3nnc(CCCC(=O)O)n3c12. The molecule has 0 spiro atoms. The smallest absolute Gasteiger partial charge is 0.303 e. The maximum Gasteiger partial charge on any atom is 0.303 e. The van der Waals surface area contributed by atoms with E-state index in [-0.39, 0.29) is 6.42 Å². The quantitative estimate of drug-likeness (QED) is 0.783. The number of rotatable bonds is 5. The van der Waals surface area contributed by atoms with Crippen LogP contribution in [0.25, 0.3) is 16.6 Å². The molecule has 22 heavy (non-hydrogen) atoms. The predicted molar refractivity (Wildman–Crippen MR) is 82.4 cm³/mol. The molecule has 6 heteroatoms. The normalized spacial score (nSPS) is 11.2. The van der Waals surface area contributed by atoms with Crippen LogP contribution in [0.1, 0.15) is 24.2 Å². The number of para-hydroxylation sites is 1. The Bertz CT molecular complexity index is 855. The molecule has 0 aliphatic carbocycles. The Hall–Kier alpha value is -2.63. The predicted octanol–water partition coefficient (Wildman–Crippen LogP) is 2.61.